The first kappa shape index (κ1) is 13.0. The summed E-state index contributed by atoms with van der Waals surface area (Å²) < 4.78 is 0. The Morgan fingerprint density at radius 2 is 1.85 bits per heavy atom. The molecule has 100 valence electrons. The number of hydrogen-bond acceptors (Lipinski definition) is 2. The highest BCUT2D eigenvalue weighted by Crippen LogP contribution is 2.28. The molecular weight excluding hydrogens is 266 g/mol. The summed E-state index contributed by atoms with van der Waals surface area (Å²) >= 11 is 1.60. The third-order valence-electron chi connectivity index (χ3n) is 3.51. The molecule has 2 aromatic carbocycles. The Labute approximate surface area is 122 Å². The number of hydrogen-bond donors (Lipinski definition) is 1. The zero-order valence-corrected chi connectivity index (χ0v) is 12.3. The van der Waals surface area contributed by atoms with Crippen LogP contribution in [0.25, 0.3) is 10.9 Å². The van der Waals surface area contributed by atoms with Crippen molar-refractivity contribution in [3.8, 4) is 0 Å². The molecule has 0 aliphatic rings. The molecule has 1 aromatic heterocycles. The molecule has 1 N–H and O–H groups in total. The molecule has 0 unspecified atom stereocenters. The minimum Gasteiger partial charge on any atom is -0.360 e. The fraction of sp³-hybridized carbons (Fsp3) is 0.118. The van der Waals surface area contributed by atoms with E-state index in [2.05, 4.69) is 4.98 Å². The highest BCUT2D eigenvalue weighted by Gasteiger charge is 2.17. The van der Waals surface area contributed by atoms with E-state index in [1.165, 1.54) is 0 Å². The predicted octanol–water partition coefficient (Wildman–Crippen LogP) is 4.43. The SMILES string of the molecule is CSc1ccccc1C(=O)c1c[nH]c2cccc(C)c12. The average molecular weight is 281 g/mol. The van der Waals surface area contributed by atoms with E-state index < -0.39 is 0 Å². The number of thioether (sulfide) groups is 1. The van der Waals surface area contributed by atoms with E-state index in [-0.39, 0.29) is 5.78 Å². The Morgan fingerprint density at radius 1 is 1.05 bits per heavy atom. The molecule has 0 spiro atoms. The standard InChI is InChI=1S/C17H15NOS/c1-11-6-5-8-14-16(11)13(10-18-14)17(19)12-7-3-4-9-15(12)20-2/h3-10,18H,1-2H3. The second kappa shape index (κ2) is 5.17. The van der Waals surface area contributed by atoms with Gasteiger partial charge in [-0.2, -0.15) is 0 Å². The van der Waals surface area contributed by atoms with Crippen LogP contribution in [0.3, 0.4) is 0 Å². The minimum absolute atomic E-state index is 0.0792. The fourth-order valence-corrected chi connectivity index (χ4v) is 3.12. The van der Waals surface area contributed by atoms with Gasteiger partial charge in [-0.25, -0.2) is 0 Å². The van der Waals surface area contributed by atoms with Crippen molar-refractivity contribution in [2.45, 2.75) is 11.8 Å². The maximum Gasteiger partial charge on any atom is 0.196 e. The largest absolute Gasteiger partial charge is 0.360 e. The Balaban J connectivity index is 2.18. The lowest BCUT2D eigenvalue weighted by molar-refractivity contribution is 0.103. The van der Waals surface area contributed by atoms with E-state index in [9.17, 15) is 4.79 Å². The van der Waals surface area contributed by atoms with E-state index in [1.54, 1.807) is 11.8 Å². The van der Waals surface area contributed by atoms with E-state index in [0.29, 0.717) is 0 Å². The van der Waals surface area contributed by atoms with Gasteiger partial charge in [-0.1, -0.05) is 24.3 Å². The van der Waals surface area contributed by atoms with Gasteiger partial charge in [-0.15, -0.1) is 11.8 Å². The van der Waals surface area contributed by atoms with Crippen molar-refractivity contribution in [3.05, 3.63) is 65.4 Å². The molecule has 3 aromatic rings. The van der Waals surface area contributed by atoms with Crippen LogP contribution in [0.5, 0.6) is 0 Å². The van der Waals surface area contributed by atoms with Crippen molar-refractivity contribution in [1.29, 1.82) is 0 Å². The zero-order chi connectivity index (χ0) is 14.1. The van der Waals surface area contributed by atoms with E-state index >= 15 is 0 Å². The lowest BCUT2D eigenvalue weighted by Crippen LogP contribution is -2.02. The number of aromatic nitrogens is 1. The van der Waals surface area contributed by atoms with Crippen molar-refractivity contribution in [2.75, 3.05) is 6.26 Å². The summed E-state index contributed by atoms with van der Waals surface area (Å²) in [7, 11) is 0. The first-order chi connectivity index (χ1) is 9.72. The van der Waals surface area contributed by atoms with Gasteiger partial charge >= 0.3 is 0 Å². The maximum absolute atomic E-state index is 12.8. The van der Waals surface area contributed by atoms with Crippen LogP contribution in [-0.4, -0.2) is 17.0 Å². The number of carbonyl (C=O) groups excluding carboxylic acids is 1. The lowest BCUT2D eigenvalue weighted by atomic mass is 10.00. The third-order valence-corrected chi connectivity index (χ3v) is 4.31. The number of carbonyl (C=O) groups is 1. The summed E-state index contributed by atoms with van der Waals surface area (Å²) in [4.78, 5) is 17.0. The summed E-state index contributed by atoms with van der Waals surface area (Å²) in [5.74, 6) is 0.0792. The molecule has 2 nitrogen and oxygen atoms in total. The molecule has 0 saturated carbocycles. The second-order valence-electron chi connectivity index (χ2n) is 4.73. The Kier molecular flexibility index (Phi) is 3.36. The van der Waals surface area contributed by atoms with Crippen LogP contribution in [0.4, 0.5) is 0 Å². The molecule has 0 aliphatic carbocycles. The van der Waals surface area contributed by atoms with E-state index in [0.717, 1.165) is 32.5 Å². The minimum atomic E-state index is 0.0792. The van der Waals surface area contributed by atoms with Crippen LogP contribution in [0.15, 0.2) is 53.6 Å². The van der Waals surface area contributed by atoms with Crippen molar-refractivity contribution in [2.24, 2.45) is 0 Å². The summed E-state index contributed by atoms with van der Waals surface area (Å²) in [6.07, 6.45) is 3.81. The summed E-state index contributed by atoms with van der Waals surface area (Å²) in [5, 5.41) is 1.02. The van der Waals surface area contributed by atoms with Gasteiger partial charge in [0.15, 0.2) is 5.78 Å². The maximum atomic E-state index is 12.8. The van der Waals surface area contributed by atoms with E-state index in [1.807, 2.05) is 61.8 Å². The molecule has 0 aliphatic heterocycles. The van der Waals surface area contributed by atoms with Gasteiger partial charge in [0.2, 0.25) is 0 Å². The van der Waals surface area contributed by atoms with Crippen LogP contribution in [0.2, 0.25) is 0 Å². The van der Waals surface area contributed by atoms with Crippen LogP contribution < -0.4 is 0 Å². The molecular formula is C17H15NOS. The molecule has 3 heteroatoms. The third kappa shape index (κ3) is 2.04. The Bertz CT molecular complexity index is 789. The number of aromatic amines is 1. The molecule has 1 heterocycles. The first-order valence-electron chi connectivity index (χ1n) is 6.47. The van der Waals surface area contributed by atoms with Gasteiger partial charge in [0.25, 0.3) is 0 Å². The first-order valence-corrected chi connectivity index (χ1v) is 7.69. The summed E-state index contributed by atoms with van der Waals surface area (Å²) in [6, 6.07) is 13.8. The average Bonchev–Trinajstić information content (AvgIpc) is 2.92. The van der Waals surface area contributed by atoms with Crippen LogP contribution in [0, 0.1) is 6.92 Å². The van der Waals surface area contributed by atoms with Gasteiger partial charge in [-0.05, 0) is 36.9 Å². The monoisotopic (exact) mass is 281 g/mol. The van der Waals surface area contributed by atoms with Gasteiger partial charge in [-0.3, -0.25) is 4.79 Å². The van der Waals surface area contributed by atoms with Gasteiger partial charge in [0, 0.05) is 33.1 Å². The lowest BCUT2D eigenvalue weighted by Gasteiger charge is -2.06. The number of benzene rings is 2. The number of rotatable bonds is 3. The molecule has 0 saturated heterocycles. The highest BCUT2D eigenvalue weighted by atomic mass is 32.2. The molecule has 0 fully saturated rings. The van der Waals surface area contributed by atoms with Crippen molar-refractivity contribution < 1.29 is 4.79 Å². The van der Waals surface area contributed by atoms with Gasteiger partial charge in [0.1, 0.15) is 0 Å². The highest BCUT2D eigenvalue weighted by molar-refractivity contribution is 7.98. The molecule has 0 amide bonds. The molecule has 20 heavy (non-hydrogen) atoms. The molecule has 0 bridgehead atoms. The topological polar surface area (TPSA) is 32.9 Å². The van der Waals surface area contributed by atoms with Crippen LogP contribution >= 0.6 is 11.8 Å². The predicted molar refractivity (Wildman–Crippen MR) is 84.7 cm³/mol. The Hall–Kier alpha value is -2.00. The molecule has 0 radical (unpaired) electrons. The second-order valence-corrected chi connectivity index (χ2v) is 5.58. The van der Waals surface area contributed by atoms with Crippen molar-refractivity contribution >= 4 is 28.4 Å². The zero-order valence-electron chi connectivity index (χ0n) is 11.4. The van der Waals surface area contributed by atoms with Crippen LogP contribution in [0.1, 0.15) is 21.5 Å². The van der Waals surface area contributed by atoms with Crippen molar-refractivity contribution in [1.82, 2.24) is 4.98 Å². The molecule has 3 rings (SSSR count). The van der Waals surface area contributed by atoms with Crippen LogP contribution in [-0.2, 0) is 0 Å². The number of H-pyrrole nitrogens is 1. The number of aryl methyl sites for hydroxylation is 1. The summed E-state index contributed by atoms with van der Waals surface area (Å²) in [6.45, 7) is 2.04. The smallest absolute Gasteiger partial charge is 0.196 e. The quantitative estimate of drug-likeness (QED) is 0.569. The van der Waals surface area contributed by atoms with Gasteiger partial charge < -0.3 is 4.98 Å². The fourth-order valence-electron chi connectivity index (χ4n) is 2.52. The summed E-state index contributed by atoms with van der Waals surface area (Å²) in [5.41, 5.74) is 3.65. The van der Waals surface area contributed by atoms with E-state index in [4.69, 9.17) is 0 Å². The number of nitrogens with one attached hydrogen (secondary N) is 1. The molecule has 0 atom stereocenters. The van der Waals surface area contributed by atoms with Gasteiger partial charge in [0.05, 0.1) is 0 Å². The van der Waals surface area contributed by atoms with Crippen molar-refractivity contribution in [3.63, 3.8) is 0 Å². The number of ketones is 1. The number of fused-ring (bicyclic) bond motifs is 1. The Morgan fingerprint density at radius 3 is 2.65 bits per heavy atom. The normalized spacial score (nSPS) is 10.9.